The molecule has 0 bridgehead atoms. The molecule has 162 valence electrons. The molecule has 1 atom stereocenters. The average molecular weight is 415 g/mol. The van der Waals surface area contributed by atoms with Crippen LogP contribution in [0, 0.1) is 19.7 Å². The van der Waals surface area contributed by atoms with Crippen LogP contribution in [0.4, 0.5) is 4.39 Å². The van der Waals surface area contributed by atoms with Gasteiger partial charge in [-0.1, -0.05) is 30.3 Å². The molecule has 0 heterocycles. The third-order valence-electron chi connectivity index (χ3n) is 4.87. The van der Waals surface area contributed by atoms with Crippen molar-refractivity contribution < 1.29 is 18.7 Å². The number of amides is 2. The first-order chi connectivity index (χ1) is 14.0. The van der Waals surface area contributed by atoms with Crippen molar-refractivity contribution in [2.45, 2.75) is 59.7 Å². The first-order valence-corrected chi connectivity index (χ1v) is 10.0. The predicted octanol–water partition coefficient (Wildman–Crippen LogP) is 4.15. The maximum Gasteiger partial charge on any atom is 0.261 e. The van der Waals surface area contributed by atoms with Gasteiger partial charge in [0.15, 0.2) is 6.61 Å². The summed E-state index contributed by atoms with van der Waals surface area (Å²) in [5.41, 5.74) is 1.89. The zero-order valence-electron chi connectivity index (χ0n) is 18.6. The number of benzene rings is 2. The Hall–Kier alpha value is -2.89. The van der Waals surface area contributed by atoms with Crippen molar-refractivity contribution >= 4 is 11.8 Å². The molecule has 1 N–H and O–H groups in total. The summed E-state index contributed by atoms with van der Waals surface area (Å²) in [6.07, 6.45) is 0. The molecule has 0 saturated carbocycles. The molecule has 0 radical (unpaired) electrons. The minimum Gasteiger partial charge on any atom is -0.483 e. The van der Waals surface area contributed by atoms with Gasteiger partial charge < -0.3 is 15.0 Å². The first-order valence-electron chi connectivity index (χ1n) is 10.0. The van der Waals surface area contributed by atoms with E-state index in [4.69, 9.17) is 4.74 Å². The zero-order chi connectivity index (χ0) is 22.5. The van der Waals surface area contributed by atoms with E-state index in [1.807, 2.05) is 46.8 Å². The molecule has 6 heteroatoms. The lowest BCUT2D eigenvalue weighted by Gasteiger charge is -2.31. The molecule has 2 aromatic carbocycles. The van der Waals surface area contributed by atoms with Gasteiger partial charge in [-0.3, -0.25) is 9.59 Å². The van der Waals surface area contributed by atoms with Crippen LogP contribution in [0.5, 0.6) is 5.75 Å². The molecule has 0 aromatic heterocycles. The van der Waals surface area contributed by atoms with Gasteiger partial charge in [0, 0.05) is 17.6 Å². The number of ether oxygens (including phenoxy) is 1. The van der Waals surface area contributed by atoms with E-state index in [1.54, 1.807) is 31.2 Å². The van der Waals surface area contributed by atoms with Gasteiger partial charge in [0.25, 0.3) is 5.91 Å². The fraction of sp³-hybridized carbons (Fsp3) is 0.417. The molecule has 1 unspecified atom stereocenters. The van der Waals surface area contributed by atoms with E-state index in [0.717, 1.165) is 11.1 Å². The van der Waals surface area contributed by atoms with Crippen molar-refractivity contribution in [1.29, 1.82) is 0 Å². The van der Waals surface area contributed by atoms with Gasteiger partial charge in [0.2, 0.25) is 5.91 Å². The Morgan fingerprint density at radius 2 is 1.77 bits per heavy atom. The largest absolute Gasteiger partial charge is 0.483 e. The van der Waals surface area contributed by atoms with Crippen LogP contribution in [0.2, 0.25) is 0 Å². The molecule has 0 fully saturated rings. The fourth-order valence-corrected chi connectivity index (χ4v) is 2.97. The Morgan fingerprint density at radius 1 is 1.10 bits per heavy atom. The maximum atomic E-state index is 14.2. The van der Waals surface area contributed by atoms with E-state index < -0.39 is 23.3 Å². The summed E-state index contributed by atoms with van der Waals surface area (Å²) in [4.78, 5) is 27.1. The quantitative estimate of drug-likeness (QED) is 0.740. The van der Waals surface area contributed by atoms with Gasteiger partial charge in [-0.15, -0.1) is 0 Å². The highest BCUT2D eigenvalue weighted by Gasteiger charge is 2.29. The third kappa shape index (κ3) is 6.31. The third-order valence-corrected chi connectivity index (χ3v) is 4.87. The molecule has 0 aliphatic heterocycles. The minimum absolute atomic E-state index is 0.0274. The SMILES string of the molecule is Cc1cccc(OCC(=O)N(Cc2ccccc2F)C(C)C(=O)NC(C)(C)C)c1C. The number of hydrogen-bond acceptors (Lipinski definition) is 3. The number of nitrogens with zero attached hydrogens (tertiary/aromatic N) is 1. The molecular formula is C24H31FN2O3. The molecule has 0 aliphatic carbocycles. The Bertz CT molecular complexity index is 906. The summed E-state index contributed by atoms with van der Waals surface area (Å²) < 4.78 is 20.0. The van der Waals surface area contributed by atoms with E-state index >= 15 is 0 Å². The average Bonchev–Trinajstić information content (AvgIpc) is 2.66. The molecule has 30 heavy (non-hydrogen) atoms. The lowest BCUT2D eigenvalue weighted by molar-refractivity contribution is -0.142. The van der Waals surface area contributed by atoms with E-state index in [2.05, 4.69) is 5.32 Å². The highest BCUT2D eigenvalue weighted by Crippen LogP contribution is 2.21. The lowest BCUT2D eigenvalue weighted by Crippen LogP contribution is -2.53. The van der Waals surface area contributed by atoms with Crippen molar-refractivity contribution in [1.82, 2.24) is 10.2 Å². The van der Waals surface area contributed by atoms with E-state index in [-0.39, 0.29) is 19.1 Å². The van der Waals surface area contributed by atoms with Crippen LogP contribution in [0.1, 0.15) is 44.4 Å². The van der Waals surface area contributed by atoms with E-state index in [9.17, 15) is 14.0 Å². The molecule has 0 spiro atoms. The van der Waals surface area contributed by atoms with Crippen molar-refractivity contribution in [3.63, 3.8) is 0 Å². The summed E-state index contributed by atoms with van der Waals surface area (Å²) in [5, 5.41) is 2.88. The summed E-state index contributed by atoms with van der Waals surface area (Å²) >= 11 is 0. The van der Waals surface area contributed by atoms with Gasteiger partial charge in [-0.2, -0.15) is 0 Å². The van der Waals surface area contributed by atoms with Gasteiger partial charge in [-0.05, 0) is 64.8 Å². The van der Waals surface area contributed by atoms with Gasteiger partial charge in [-0.25, -0.2) is 4.39 Å². The highest BCUT2D eigenvalue weighted by atomic mass is 19.1. The number of carbonyl (C=O) groups excluding carboxylic acids is 2. The van der Waals surface area contributed by atoms with Gasteiger partial charge in [0.05, 0.1) is 0 Å². The van der Waals surface area contributed by atoms with Gasteiger partial charge >= 0.3 is 0 Å². The Balaban J connectivity index is 2.22. The van der Waals surface area contributed by atoms with Crippen LogP contribution in [0.25, 0.3) is 0 Å². The molecule has 2 rings (SSSR count). The molecule has 0 saturated heterocycles. The Kier molecular flexibility index (Phi) is 7.59. The van der Waals surface area contributed by atoms with Gasteiger partial charge in [0.1, 0.15) is 17.6 Å². The lowest BCUT2D eigenvalue weighted by atomic mass is 10.1. The van der Waals surface area contributed by atoms with Crippen molar-refractivity contribution in [3.8, 4) is 5.75 Å². The predicted molar refractivity (Wildman–Crippen MR) is 116 cm³/mol. The number of aryl methyl sites for hydroxylation is 1. The van der Waals surface area contributed by atoms with Crippen LogP contribution in [-0.2, 0) is 16.1 Å². The fourth-order valence-electron chi connectivity index (χ4n) is 2.97. The monoisotopic (exact) mass is 414 g/mol. The van der Waals surface area contributed by atoms with Crippen LogP contribution in [-0.4, -0.2) is 34.9 Å². The summed E-state index contributed by atoms with van der Waals surface area (Å²) in [6, 6.07) is 11.1. The second-order valence-corrected chi connectivity index (χ2v) is 8.51. The first kappa shape index (κ1) is 23.4. The minimum atomic E-state index is -0.793. The smallest absolute Gasteiger partial charge is 0.261 e. The Morgan fingerprint density at radius 3 is 2.40 bits per heavy atom. The molecule has 5 nitrogen and oxygen atoms in total. The molecule has 2 aromatic rings. The normalized spacial score (nSPS) is 12.2. The second kappa shape index (κ2) is 9.74. The number of halogens is 1. The Labute approximate surface area is 178 Å². The maximum absolute atomic E-state index is 14.2. The van der Waals surface area contributed by atoms with E-state index in [0.29, 0.717) is 11.3 Å². The topological polar surface area (TPSA) is 58.6 Å². The standard InChI is InChI=1S/C24H31FN2O3/c1-16-10-9-13-21(17(16)2)30-15-22(28)27(14-19-11-7-8-12-20(19)25)18(3)23(29)26-24(4,5)6/h7-13,18H,14-15H2,1-6H3,(H,26,29). The molecule has 2 amide bonds. The summed E-state index contributed by atoms with van der Waals surface area (Å²) in [7, 11) is 0. The number of nitrogens with one attached hydrogen (secondary N) is 1. The van der Waals surface area contributed by atoms with Crippen LogP contribution < -0.4 is 10.1 Å². The van der Waals surface area contributed by atoms with Crippen LogP contribution in [0.15, 0.2) is 42.5 Å². The van der Waals surface area contributed by atoms with Crippen molar-refractivity contribution in [3.05, 3.63) is 65.0 Å². The van der Waals surface area contributed by atoms with Crippen molar-refractivity contribution in [2.24, 2.45) is 0 Å². The second-order valence-electron chi connectivity index (χ2n) is 8.51. The number of carbonyl (C=O) groups is 2. The highest BCUT2D eigenvalue weighted by molar-refractivity contribution is 5.88. The van der Waals surface area contributed by atoms with Crippen LogP contribution >= 0.6 is 0 Å². The van der Waals surface area contributed by atoms with Crippen molar-refractivity contribution in [2.75, 3.05) is 6.61 Å². The molecule has 0 aliphatic rings. The van der Waals surface area contributed by atoms with E-state index in [1.165, 1.54) is 11.0 Å². The zero-order valence-corrected chi connectivity index (χ0v) is 18.6. The number of rotatable bonds is 7. The summed E-state index contributed by atoms with van der Waals surface area (Å²) in [5.74, 6) is -0.509. The molecular weight excluding hydrogens is 383 g/mol. The van der Waals surface area contributed by atoms with Crippen LogP contribution in [0.3, 0.4) is 0 Å². The summed E-state index contributed by atoms with van der Waals surface area (Å²) in [6.45, 7) is 10.8. The number of hydrogen-bond donors (Lipinski definition) is 1.